The van der Waals surface area contributed by atoms with Gasteiger partial charge in [-0.1, -0.05) is 54.6 Å². The molecular weight excluding hydrogens is 420 g/mol. The number of aliphatic hydroxyl groups is 1. The number of hydrogen-bond acceptors (Lipinski definition) is 6. The fraction of sp³-hybridized carbons (Fsp3) is 0.333. The maximum Gasteiger partial charge on any atom is 0.157 e. The minimum absolute atomic E-state index is 0.225. The van der Waals surface area contributed by atoms with Crippen molar-refractivity contribution in [2.45, 2.75) is 30.5 Å². The largest absolute Gasteiger partial charge is 0.497 e. The van der Waals surface area contributed by atoms with Crippen molar-refractivity contribution in [3.05, 3.63) is 95.6 Å². The molecule has 3 aromatic carbocycles. The molecule has 4 rings (SSSR count). The monoisotopic (exact) mass is 450 g/mol. The van der Waals surface area contributed by atoms with E-state index in [-0.39, 0.29) is 12.7 Å². The summed E-state index contributed by atoms with van der Waals surface area (Å²) in [6.45, 7) is 0.225. The standard InChI is InChI=1S/C27H30O6/c1-29-22-13-9-20(10-14-22)27(19-7-5-4-6-8-19,21-11-15-23(30-2)16-12-21)32-18-25-24(31-3)17-26(28)33-25/h4-16,24-26,28H,17-18H2,1-3H3/t24-,25+,26+/m0/s1. The Hall–Kier alpha value is -2.90. The maximum absolute atomic E-state index is 10.0. The Morgan fingerprint density at radius 1 is 0.788 bits per heavy atom. The molecule has 0 aliphatic carbocycles. The SMILES string of the molecule is COc1ccc(C(OC[C@H]2O[C@@H](O)C[C@@H]2OC)(c2ccccc2)c2ccc(OC)cc2)cc1. The zero-order chi connectivity index (χ0) is 23.3. The van der Waals surface area contributed by atoms with E-state index in [0.29, 0.717) is 6.42 Å². The van der Waals surface area contributed by atoms with Gasteiger partial charge >= 0.3 is 0 Å². The Morgan fingerprint density at radius 3 is 1.79 bits per heavy atom. The lowest BCUT2D eigenvalue weighted by atomic mass is 9.80. The van der Waals surface area contributed by atoms with E-state index in [4.69, 9.17) is 23.7 Å². The van der Waals surface area contributed by atoms with Crippen molar-refractivity contribution < 1.29 is 28.8 Å². The zero-order valence-electron chi connectivity index (χ0n) is 19.1. The van der Waals surface area contributed by atoms with Crippen LogP contribution in [0.15, 0.2) is 78.9 Å². The van der Waals surface area contributed by atoms with Gasteiger partial charge < -0.3 is 28.8 Å². The second-order valence-electron chi connectivity index (χ2n) is 7.95. The van der Waals surface area contributed by atoms with Crippen LogP contribution in [0.3, 0.4) is 0 Å². The van der Waals surface area contributed by atoms with E-state index in [1.807, 2.05) is 78.9 Å². The fourth-order valence-electron chi connectivity index (χ4n) is 4.37. The van der Waals surface area contributed by atoms with Gasteiger partial charge in [0.1, 0.15) is 23.2 Å². The molecule has 0 saturated carbocycles. The Labute approximate surface area is 194 Å². The van der Waals surface area contributed by atoms with E-state index >= 15 is 0 Å². The lowest BCUT2D eigenvalue weighted by Crippen LogP contribution is -2.38. The normalized spacial score (nSPS) is 20.5. The first-order valence-electron chi connectivity index (χ1n) is 11.0. The molecule has 6 nitrogen and oxygen atoms in total. The van der Waals surface area contributed by atoms with Crippen LogP contribution in [-0.2, 0) is 19.8 Å². The number of ether oxygens (including phenoxy) is 5. The minimum atomic E-state index is -0.936. The quantitative estimate of drug-likeness (QED) is 0.495. The summed E-state index contributed by atoms with van der Waals surface area (Å²) in [7, 11) is 4.91. The molecule has 1 fully saturated rings. The van der Waals surface area contributed by atoms with Crippen molar-refractivity contribution >= 4 is 0 Å². The van der Waals surface area contributed by atoms with Crippen LogP contribution in [0.5, 0.6) is 11.5 Å². The summed E-state index contributed by atoms with van der Waals surface area (Å²) < 4.78 is 28.8. The molecule has 1 aliphatic rings. The molecule has 0 unspecified atom stereocenters. The number of methoxy groups -OCH3 is 3. The molecule has 6 heteroatoms. The van der Waals surface area contributed by atoms with Crippen molar-refractivity contribution in [2.24, 2.45) is 0 Å². The van der Waals surface area contributed by atoms with Gasteiger partial charge in [-0.2, -0.15) is 0 Å². The van der Waals surface area contributed by atoms with E-state index in [9.17, 15) is 5.11 Å². The van der Waals surface area contributed by atoms with Crippen LogP contribution in [0.2, 0.25) is 0 Å². The first-order valence-corrected chi connectivity index (χ1v) is 11.0. The molecule has 0 radical (unpaired) electrons. The van der Waals surface area contributed by atoms with E-state index < -0.39 is 18.0 Å². The predicted molar refractivity (Wildman–Crippen MR) is 125 cm³/mol. The first-order chi connectivity index (χ1) is 16.1. The molecule has 33 heavy (non-hydrogen) atoms. The Morgan fingerprint density at radius 2 is 1.30 bits per heavy atom. The topological polar surface area (TPSA) is 66.4 Å². The summed E-state index contributed by atoms with van der Waals surface area (Å²) in [5.41, 5.74) is 1.90. The average Bonchev–Trinajstić information content (AvgIpc) is 3.25. The van der Waals surface area contributed by atoms with E-state index in [1.54, 1.807) is 21.3 Å². The van der Waals surface area contributed by atoms with Gasteiger partial charge in [-0.05, 0) is 41.0 Å². The Balaban J connectivity index is 1.83. The van der Waals surface area contributed by atoms with Gasteiger partial charge in [0.2, 0.25) is 0 Å². The number of rotatable bonds is 9. The summed E-state index contributed by atoms with van der Waals surface area (Å²) in [5, 5.41) is 10.0. The third-order valence-electron chi connectivity index (χ3n) is 6.12. The molecule has 0 spiro atoms. The summed E-state index contributed by atoms with van der Waals surface area (Å²) in [5.74, 6) is 1.52. The van der Waals surface area contributed by atoms with Crippen molar-refractivity contribution in [1.29, 1.82) is 0 Å². The van der Waals surface area contributed by atoms with Crippen molar-refractivity contribution in [3.8, 4) is 11.5 Å². The highest BCUT2D eigenvalue weighted by Crippen LogP contribution is 2.42. The van der Waals surface area contributed by atoms with Crippen LogP contribution < -0.4 is 9.47 Å². The van der Waals surface area contributed by atoms with Crippen LogP contribution in [0.4, 0.5) is 0 Å². The average molecular weight is 451 g/mol. The fourth-order valence-corrected chi connectivity index (χ4v) is 4.37. The molecule has 1 aliphatic heterocycles. The van der Waals surface area contributed by atoms with Gasteiger partial charge in [-0.3, -0.25) is 0 Å². The van der Waals surface area contributed by atoms with Gasteiger partial charge in [-0.15, -0.1) is 0 Å². The highest BCUT2D eigenvalue weighted by molar-refractivity contribution is 5.49. The van der Waals surface area contributed by atoms with Gasteiger partial charge in [0.15, 0.2) is 6.29 Å². The lowest BCUT2D eigenvalue weighted by molar-refractivity contribution is -0.132. The van der Waals surface area contributed by atoms with Gasteiger partial charge in [0.05, 0.1) is 26.9 Å². The highest BCUT2D eigenvalue weighted by atomic mass is 16.6. The van der Waals surface area contributed by atoms with Gasteiger partial charge in [0.25, 0.3) is 0 Å². The Bertz CT molecular complexity index is 956. The van der Waals surface area contributed by atoms with E-state index in [1.165, 1.54) is 0 Å². The molecule has 0 aromatic heterocycles. The smallest absolute Gasteiger partial charge is 0.157 e. The molecular formula is C27H30O6. The number of aliphatic hydroxyl groups excluding tert-OH is 1. The molecule has 1 saturated heterocycles. The summed E-state index contributed by atoms with van der Waals surface area (Å²) >= 11 is 0. The molecule has 3 atom stereocenters. The van der Waals surface area contributed by atoms with Crippen molar-refractivity contribution in [2.75, 3.05) is 27.9 Å². The predicted octanol–water partition coefficient (Wildman–Crippen LogP) is 4.13. The maximum atomic E-state index is 10.0. The van der Waals surface area contributed by atoms with Crippen LogP contribution in [0, 0.1) is 0 Å². The molecule has 1 heterocycles. The van der Waals surface area contributed by atoms with Crippen molar-refractivity contribution in [3.63, 3.8) is 0 Å². The summed E-state index contributed by atoms with van der Waals surface area (Å²) in [4.78, 5) is 0. The van der Waals surface area contributed by atoms with E-state index in [2.05, 4.69) is 0 Å². The van der Waals surface area contributed by atoms with Gasteiger partial charge in [0, 0.05) is 13.5 Å². The van der Waals surface area contributed by atoms with Gasteiger partial charge in [-0.25, -0.2) is 0 Å². The third-order valence-corrected chi connectivity index (χ3v) is 6.12. The summed E-state index contributed by atoms with van der Waals surface area (Å²) in [6, 6.07) is 25.8. The molecule has 1 N–H and O–H groups in total. The molecule has 0 bridgehead atoms. The van der Waals surface area contributed by atoms with Crippen LogP contribution in [-0.4, -0.2) is 51.5 Å². The first kappa shape index (κ1) is 23.3. The van der Waals surface area contributed by atoms with Crippen LogP contribution >= 0.6 is 0 Å². The highest BCUT2D eigenvalue weighted by Gasteiger charge is 2.41. The molecule has 0 amide bonds. The number of hydrogen-bond donors (Lipinski definition) is 1. The lowest BCUT2D eigenvalue weighted by Gasteiger charge is -2.37. The van der Waals surface area contributed by atoms with Crippen LogP contribution in [0.1, 0.15) is 23.1 Å². The third kappa shape index (κ3) is 4.75. The Kier molecular flexibility index (Phi) is 7.30. The second-order valence-corrected chi connectivity index (χ2v) is 7.95. The molecule has 174 valence electrons. The van der Waals surface area contributed by atoms with Crippen molar-refractivity contribution in [1.82, 2.24) is 0 Å². The number of benzene rings is 3. The summed E-state index contributed by atoms with van der Waals surface area (Å²) in [6.07, 6.45) is -1.10. The minimum Gasteiger partial charge on any atom is -0.497 e. The van der Waals surface area contributed by atoms with E-state index in [0.717, 1.165) is 28.2 Å². The molecule has 3 aromatic rings. The van der Waals surface area contributed by atoms with Crippen LogP contribution in [0.25, 0.3) is 0 Å². The zero-order valence-corrected chi connectivity index (χ0v) is 19.1. The second kappa shape index (κ2) is 10.4.